The maximum Gasteiger partial charge on any atom is 0.326 e. The molecule has 5 nitrogen and oxygen atoms in total. The van der Waals surface area contributed by atoms with Crippen molar-refractivity contribution in [3.05, 3.63) is 29.8 Å². The fraction of sp³-hybridized carbons (Fsp3) is 0.500. The van der Waals surface area contributed by atoms with Crippen LogP contribution in [0.5, 0.6) is 5.75 Å². The van der Waals surface area contributed by atoms with E-state index < -0.39 is 12.0 Å². The van der Waals surface area contributed by atoms with Crippen LogP contribution < -0.4 is 4.74 Å². The molecule has 0 unspecified atom stereocenters. The Morgan fingerprint density at radius 1 is 1.48 bits per heavy atom. The lowest BCUT2D eigenvalue weighted by atomic mass is 9.97. The monoisotopic (exact) mass is 291 g/mol. The number of aliphatic carboxylic acids is 1. The van der Waals surface area contributed by atoms with Crippen LogP contribution in [0.1, 0.15) is 37.7 Å². The highest BCUT2D eigenvalue weighted by Crippen LogP contribution is 2.26. The number of likely N-dealkylation sites (tertiary alicyclic amines) is 1. The number of carboxylic acids is 1. The molecule has 0 spiro atoms. The van der Waals surface area contributed by atoms with Gasteiger partial charge in [-0.25, -0.2) is 4.79 Å². The first-order valence-corrected chi connectivity index (χ1v) is 7.19. The predicted octanol–water partition coefficient (Wildman–Crippen LogP) is 2.26. The molecule has 2 atom stereocenters. The van der Waals surface area contributed by atoms with Crippen molar-refractivity contribution in [3.63, 3.8) is 0 Å². The van der Waals surface area contributed by atoms with Crippen LogP contribution >= 0.6 is 0 Å². The smallest absolute Gasteiger partial charge is 0.326 e. The molecule has 0 aromatic heterocycles. The number of rotatable bonds is 5. The minimum atomic E-state index is -0.908. The number of methoxy groups -OCH3 is 1. The first kappa shape index (κ1) is 15.4. The van der Waals surface area contributed by atoms with Crippen molar-refractivity contribution < 1.29 is 19.4 Å². The van der Waals surface area contributed by atoms with Crippen molar-refractivity contribution in [2.75, 3.05) is 13.7 Å². The van der Waals surface area contributed by atoms with Crippen molar-refractivity contribution in [1.82, 2.24) is 4.90 Å². The number of hydrogen-bond acceptors (Lipinski definition) is 3. The topological polar surface area (TPSA) is 66.8 Å². The molecule has 1 aromatic rings. The fourth-order valence-electron chi connectivity index (χ4n) is 2.77. The molecular weight excluding hydrogens is 270 g/mol. The molecule has 1 amide bonds. The maximum absolute atomic E-state index is 12.3. The second kappa shape index (κ2) is 6.61. The Morgan fingerprint density at radius 2 is 2.24 bits per heavy atom. The first-order chi connectivity index (χ1) is 10.0. The standard InChI is InChI=1S/C16H21NO4/c1-11(12-5-3-6-13(10-12)21-2)9-15(18)17-8-4-7-14(17)16(19)20/h3,5-6,10-11,14H,4,7-9H2,1-2H3,(H,19,20)/t11-,14+/m1/s1. The number of carbonyl (C=O) groups is 2. The van der Waals surface area contributed by atoms with E-state index in [9.17, 15) is 9.59 Å². The Balaban J connectivity index is 2.03. The lowest BCUT2D eigenvalue weighted by molar-refractivity contribution is -0.148. The van der Waals surface area contributed by atoms with Gasteiger partial charge in [-0.15, -0.1) is 0 Å². The van der Waals surface area contributed by atoms with Gasteiger partial charge in [-0.3, -0.25) is 4.79 Å². The molecule has 2 rings (SSSR count). The van der Waals surface area contributed by atoms with Crippen molar-refractivity contribution in [3.8, 4) is 5.75 Å². The maximum atomic E-state index is 12.3. The summed E-state index contributed by atoms with van der Waals surface area (Å²) >= 11 is 0. The van der Waals surface area contributed by atoms with Crippen LogP contribution in [0.25, 0.3) is 0 Å². The largest absolute Gasteiger partial charge is 0.497 e. The van der Waals surface area contributed by atoms with Crippen molar-refractivity contribution >= 4 is 11.9 Å². The molecule has 0 bridgehead atoms. The van der Waals surface area contributed by atoms with E-state index in [1.807, 2.05) is 31.2 Å². The second-order valence-electron chi connectivity index (χ2n) is 5.47. The van der Waals surface area contributed by atoms with E-state index >= 15 is 0 Å². The number of amides is 1. The third-order valence-corrected chi connectivity index (χ3v) is 4.00. The van der Waals surface area contributed by atoms with Gasteiger partial charge in [0.15, 0.2) is 0 Å². The highest BCUT2D eigenvalue weighted by atomic mass is 16.5. The normalized spacial score (nSPS) is 19.3. The Bertz CT molecular complexity index is 529. The summed E-state index contributed by atoms with van der Waals surface area (Å²) in [6.07, 6.45) is 1.63. The summed E-state index contributed by atoms with van der Waals surface area (Å²) in [6.45, 7) is 2.51. The average molecular weight is 291 g/mol. The highest BCUT2D eigenvalue weighted by Gasteiger charge is 2.34. The van der Waals surface area contributed by atoms with Gasteiger partial charge in [-0.1, -0.05) is 19.1 Å². The Hall–Kier alpha value is -2.04. The molecule has 1 aliphatic rings. The molecule has 5 heteroatoms. The number of benzene rings is 1. The molecule has 1 N–H and O–H groups in total. The summed E-state index contributed by atoms with van der Waals surface area (Å²) in [7, 11) is 1.61. The van der Waals surface area contributed by atoms with Crippen LogP contribution in [0.15, 0.2) is 24.3 Å². The number of hydrogen-bond donors (Lipinski definition) is 1. The van der Waals surface area contributed by atoms with Gasteiger partial charge in [0.25, 0.3) is 0 Å². The molecule has 1 saturated heterocycles. The van der Waals surface area contributed by atoms with Crippen molar-refractivity contribution in [2.24, 2.45) is 0 Å². The quantitative estimate of drug-likeness (QED) is 0.903. The van der Waals surface area contributed by atoms with Crippen molar-refractivity contribution in [1.29, 1.82) is 0 Å². The fourth-order valence-corrected chi connectivity index (χ4v) is 2.77. The zero-order valence-corrected chi connectivity index (χ0v) is 12.4. The van der Waals surface area contributed by atoms with Gasteiger partial charge >= 0.3 is 5.97 Å². The number of carboxylic acid groups (broad SMARTS) is 1. The van der Waals surface area contributed by atoms with E-state index in [1.165, 1.54) is 4.90 Å². The second-order valence-corrected chi connectivity index (χ2v) is 5.47. The van der Waals surface area contributed by atoms with E-state index in [2.05, 4.69) is 0 Å². The number of carbonyl (C=O) groups excluding carboxylic acids is 1. The summed E-state index contributed by atoms with van der Waals surface area (Å²) in [5.74, 6) is -0.205. The number of nitrogens with zero attached hydrogens (tertiary/aromatic N) is 1. The van der Waals surface area contributed by atoms with Crippen LogP contribution in [0.3, 0.4) is 0 Å². The van der Waals surface area contributed by atoms with Gasteiger partial charge in [0.1, 0.15) is 11.8 Å². The van der Waals surface area contributed by atoms with E-state index in [-0.39, 0.29) is 11.8 Å². The Kier molecular flexibility index (Phi) is 4.83. The molecule has 0 aliphatic carbocycles. The van der Waals surface area contributed by atoms with Gasteiger partial charge in [0.05, 0.1) is 7.11 Å². The average Bonchev–Trinajstić information content (AvgIpc) is 2.97. The molecule has 1 aromatic carbocycles. The summed E-state index contributed by atoms with van der Waals surface area (Å²) in [5, 5.41) is 9.14. The molecule has 1 heterocycles. The van der Waals surface area contributed by atoms with Gasteiger partial charge in [-0.2, -0.15) is 0 Å². The SMILES string of the molecule is COc1cccc([C@H](C)CC(=O)N2CCC[C@H]2C(=O)O)c1. The molecule has 0 saturated carbocycles. The molecule has 1 aliphatic heterocycles. The summed E-state index contributed by atoms with van der Waals surface area (Å²) in [4.78, 5) is 25.0. The van der Waals surface area contributed by atoms with Crippen LogP contribution in [0.4, 0.5) is 0 Å². The van der Waals surface area contributed by atoms with E-state index in [4.69, 9.17) is 9.84 Å². The minimum Gasteiger partial charge on any atom is -0.497 e. The zero-order valence-electron chi connectivity index (χ0n) is 12.4. The van der Waals surface area contributed by atoms with Gasteiger partial charge in [0, 0.05) is 13.0 Å². The first-order valence-electron chi connectivity index (χ1n) is 7.19. The van der Waals surface area contributed by atoms with Gasteiger partial charge in [-0.05, 0) is 36.5 Å². The molecular formula is C16H21NO4. The minimum absolute atomic E-state index is 0.0302. The summed E-state index contributed by atoms with van der Waals surface area (Å²) in [5.41, 5.74) is 1.02. The highest BCUT2D eigenvalue weighted by molar-refractivity contribution is 5.84. The Labute approximate surface area is 124 Å². The Morgan fingerprint density at radius 3 is 2.90 bits per heavy atom. The van der Waals surface area contributed by atoms with Gasteiger partial charge < -0.3 is 14.7 Å². The van der Waals surface area contributed by atoms with E-state index in [1.54, 1.807) is 7.11 Å². The summed E-state index contributed by atoms with van der Waals surface area (Å²) in [6, 6.07) is 6.97. The molecule has 1 fully saturated rings. The third-order valence-electron chi connectivity index (χ3n) is 4.00. The van der Waals surface area contributed by atoms with Crippen LogP contribution in [-0.4, -0.2) is 41.6 Å². The molecule has 21 heavy (non-hydrogen) atoms. The molecule has 114 valence electrons. The summed E-state index contributed by atoms with van der Waals surface area (Å²) < 4.78 is 5.19. The van der Waals surface area contributed by atoms with E-state index in [0.29, 0.717) is 19.4 Å². The van der Waals surface area contributed by atoms with E-state index in [0.717, 1.165) is 17.7 Å². The van der Waals surface area contributed by atoms with Crippen molar-refractivity contribution in [2.45, 2.75) is 38.1 Å². The third kappa shape index (κ3) is 3.54. The van der Waals surface area contributed by atoms with Crippen LogP contribution in [0, 0.1) is 0 Å². The predicted molar refractivity (Wildman–Crippen MR) is 78.4 cm³/mol. The lowest BCUT2D eigenvalue weighted by Gasteiger charge is -2.23. The van der Waals surface area contributed by atoms with Crippen LogP contribution in [0.2, 0.25) is 0 Å². The lowest BCUT2D eigenvalue weighted by Crippen LogP contribution is -2.40. The molecule has 0 radical (unpaired) electrons. The number of ether oxygens (including phenoxy) is 1. The van der Waals surface area contributed by atoms with Crippen LogP contribution in [-0.2, 0) is 9.59 Å². The van der Waals surface area contributed by atoms with Gasteiger partial charge in [0.2, 0.25) is 5.91 Å². The zero-order chi connectivity index (χ0) is 15.4.